The average Bonchev–Trinajstić information content (AvgIpc) is 3.31. The largest absolute Gasteiger partial charge is 0.368 e. The molecule has 3 heterocycles. The number of aromatic amines is 1. The minimum Gasteiger partial charge on any atom is -0.368 e. The summed E-state index contributed by atoms with van der Waals surface area (Å²) < 4.78 is 10.7. The van der Waals surface area contributed by atoms with Gasteiger partial charge in [-0.05, 0) is 32.6 Å². The van der Waals surface area contributed by atoms with E-state index in [1.54, 1.807) is 0 Å². The highest BCUT2D eigenvalue weighted by molar-refractivity contribution is 6.10. The van der Waals surface area contributed by atoms with E-state index in [1.807, 2.05) is 6.92 Å². The van der Waals surface area contributed by atoms with E-state index in [0.717, 1.165) is 31.4 Å². The molecule has 4 rings (SSSR count). The number of nitrogens with one attached hydrogen (secondary N) is 2. The van der Waals surface area contributed by atoms with Crippen molar-refractivity contribution in [3.63, 3.8) is 0 Å². The normalized spacial score (nSPS) is 19.9. The number of nitrogens with zero attached hydrogens (tertiary/aromatic N) is 2. The Morgan fingerprint density at radius 3 is 3.04 bits per heavy atom. The van der Waals surface area contributed by atoms with Gasteiger partial charge in [-0.15, -0.1) is 0 Å². The van der Waals surface area contributed by atoms with Gasteiger partial charge in [-0.25, -0.2) is 0 Å². The minimum atomic E-state index is -0.297. The fourth-order valence-electron chi connectivity index (χ4n) is 3.51. The van der Waals surface area contributed by atoms with E-state index >= 15 is 0 Å². The summed E-state index contributed by atoms with van der Waals surface area (Å²) in [6.07, 6.45) is 3.80. The third-order valence-electron chi connectivity index (χ3n) is 4.70. The fourth-order valence-corrected chi connectivity index (χ4v) is 3.51. The Labute approximate surface area is 144 Å². The number of fused-ring (bicyclic) bond motifs is 1. The van der Waals surface area contributed by atoms with Gasteiger partial charge in [-0.3, -0.25) is 9.59 Å². The molecule has 1 aliphatic heterocycles. The first kappa shape index (κ1) is 16.0. The molecular formula is C17H20N4O4. The van der Waals surface area contributed by atoms with Crippen LogP contribution in [0.4, 0.5) is 0 Å². The van der Waals surface area contributed by atoms with E-state index in [4.69, 9.17) is 9.26 Å². The molecule has 1 amide bonds. The van der Waals surface area contributed by atoms with Crippen LogP contribution in [0, 0.1) is 6.92 Å². The van der Waals surface area contributed by atoms with Gasteiger partial charge in [0.1, 0.15) is 6.10 Å². The van der Waals surface area contributed by atoms with Crippen LogP contribution in [0.2, 0.25) is 0 Å². The van der Waals surface area contributed by atoms with Crippen molar-refractivity contribution in [3.8, 4) is 0 Å². The number of rotatable bonds is 4. The second kappa shape index (κ2) is 6.44. The number of Topliss-reactive ketones (excluding diaryl/α,β-unsaturated/α-hetero) is 1. The van der Waals surface area contributed by atoms with E-state index in [1.165, 1.54) is 0 Å². The highest BCUT2D eigenvalue weighted by atomic mass is 16.5. The molecule has 0 bridgehead atoms. The lowest BCUT2D eigenvalue weighted by atomic mass is 9.93. The van der Waals surface area contributed by atoms with Crippen molar-refractivity contribution < 1.29 is 18.8 Å². The zero-order valence-electron chi connectivity index (χ0n) is 14.1. The van der Waals surface area contributed by atoms with E-state index < -0.39 is 0 Å². The number of ether oxygens (including phenoxy) is 1. The summed E-state index contributed by atoms with van der Waals surface area (Å²) in [7, 11) is 0. The molecule has 0 unspecified atom stereocenters. The second-order valence-corrected chi connectivity index (χ2v) is 6.49. The summed E-state index contributed by atoms with van der Waals surface area (Å²) in [5, 5.41) is 6.66. The molecule has 2 N–H and O–H groups in total. The maximum absolute atomic E-state index is 12.6. The molecule has 1 aliphatic carbocycles. The molecule has 132 valence electrons. The van der Waals surface area contributed by atoms with Gasteiger partial charge in [0, 0.05) is 24.4 Å². The topological polar surface area (TPSA) is 110 Å². The van der Waals surface area contributed by atoms with Crippen LogP contribution < -0.4 is 5.32 Å². The predicted molar refractivity (Wildman–Crippen MR) is 86.2 cm³/mol. The molecule has 8 heteroatoms. The number of amides is 1. The summed E-state index contributed by atoms with van der Waals surface area (Å²) in [6, 6.07) is 0. The van der Waals surface area contributed by atoms with Crippen LogP contribution in [0.15, 0.2) is 4.52 Å². The van der Waals surface area contributed by atoms with Gasteiger partial charge in [-0.1, -0.05) is 5.16 Å². The molecule has 2 aliphatic rings. The first-order valence-corrected chi connectivity index (χ1v) is 8.60. The number of hydrogen-bond acceptors (Lipinski definition) is 6. The second-order valence-electron chi connectivity index (χ2n) is 6.49. The van der Waals surface area contributed by atoms with Crippen LogP contribution in [0.25, 0.3) is 0 Å². The first-order chi connectivity index (χ1) is 12.1. The number of aromatic nitrogens is 3. The Balaban J connectivity index is 1.46. The van der Waals surface area contributed by atoms with Gasteiger partial charge < -0.3 is 19.6 Å². The Hall–Kier alpha value is -2.48. The monoisotopic (exact) mass is 344 g/mol. The van der Waals surface area contributed by atoms with Crippen molar-refractivity contribution in [1.29, 1.82) is 0 Å². The maximum atomic E-state index is 12.6. The van der Waals surface area contributed by atoms with Gasteiger partial charge >= 0.3 is 0 Å². The smallest absolute Gasteiger partial charge is 0.255 e. The quantitative estimate of drug-likeness (QED) is 0.878. The van der Waals surface area contributed by atoms with Gasteiger partial charge in [0.05, 0.1) is 17.7 Å². The predicted octanol–water partition coefficient (Wildman–Crippen LogP) is 2.01. The zero-order valence-corrected chi connectivity index (χ0v) is 14.1. The molecule has 8 nitrogen and oxygen atoms in total. The summed E-state index contributed by atoms with van der Waals surface area (Å²) >= 11 is 0. The van der Waals surface area contributed by atoms with Crippen LogP contribution >= 0.6 is 0 Å². The van der Waals surface area contributed by atoms with Gasteiger partial charge in [0.25, 0.3) is 11.8 Å². The van der Waals surface area contributed by atoms with Gasteiger partial charge in [0.2, 0.25) is 0 Å². The molecule has 25 heavy (non-hydrogen) atoms. The fraction of sp³-hybridized carbons (Fsp3) is 0.529. The molecule has 2 aromatic heterocycles. The lowest BCUT2D eigenvalue weighted by Gasteiger charge is -2.11. The lowest BCUT2D eigenvalue weighted by molar-refractivity contribution is 0.0835. The van der Waals surface area contributed by atoms with Crippen LogP contribution in [0.5, 0.6) is 0 Å². The zero-order chi connectivity index (χ0) is 17.4. The Morgan fingerprint density at radius 1 is 1.36 bits per heavy atom. The molecule has 1 saturated heterocycles. The van der Waals surface area contributed by atoms with Crippen molar-refractivity contribution in [2.75, 3.05) is 6.61 Å². The number of ketones is 1. The molecule has 0 radical (unpaired) electrons. The van der Waals surface area contributed by atoms with Crippen molar-refractivity contribution in [1.82, 2.24) is 20.4 Å². The molecule has 1 atom stereocenters. The Bertz CT molecular complexity index is 817. The van der Waals surface area contributed by atoms with E-state index in [-0.39, 0.29) is 24.3 Å². The van der Waals surface area contributed by atoms with Crippen molar-refractivity contribution in [2.24, 2.45) is 0 Å². The van der Waals surface area contributed by atoms with Crippen molar-refractivity contribution in [2.45, 2.75) is 51.7 Å². The molecule has 2 aromatic rings. The van der Waals surface area contributed by atoms with Crippen molar-refractivity contribution in [3.05, 3.63) is 34.2 Å². The lowest BCUT2D eigenvalue weighted by Crippen LogP contribution is -2.26. The third kappa shape index (κ3) is 2.97. The summed E-state index contributed by atoms with van der Waals surface area (Å²) in [5.74, 6) is 0.573. The Morgan fingerprint density at radius 2 is 2.24 bits per heavy atom. The summed E-state index contributed by atoms with van der Waals surface area (Å²) in [5.41, 5.74) is 2.54. The minimum absolute atomic E-state index is 0.0241. The summed E-state index contributed by atoms with van der Waals surface area (Å²) in [6.45, 7) is 2.65. The molecule has 0 saturated carbocycles. The van der Waals surface area contributed by atoms with E-state index in [2.05, 4.69) is 20.4 Å². The molecule has 0 spiro atoms. The summed E-state index contributed by atoms with van der Waals surface area (Å²) in [4.78, 5) is 32.2. The number of aryl methyl sites for hydroxylation is 2. The maximum Gasteiger partial charge on any atom is 0.255 e. The van der Waals surface area contributed by atoms with Crippen LogP contribution in [-0.2, 0) is 17.7 Å². The third-order valence-corrected chi connectivity index (χ3v) is 4.70. The average molecular weight is 344 g/mol. The van der Waals surface area contributed by atoms with Crippen LogP contribution in [-0.4, -0.2) is 33.4 Å². The number of H-pyrrole nitrogens is 1. The molecule has 1 fully saturated rings. The van der Waals surface area contributed by atoms with Crippen LogP contribution in [0.1, 0.15) is 75.6 Å². The molecule has 0 aromatic carbocycles. The number of hydrogen-bond donors (Lipinski definition) is 2. The van der Waals surface area contributed by atoms with E-state index in [9.17, 15) is 9.59 Å². The SMILES string of the molecule is Cc1[nH]c2c(c1C(=O)NCc1noc([C@H]3CCCO3)n1)C(=O)CCC2. The highest BCUT2D eigenvalue weighted by Crippen LogP contribution is 2.28. The molecular weight excluding hydrogens is 324 g/mol. The van der Waals surface area contributed by atoms with Gasteiger partial charge in [0.15, 0.2) is 11.6 Å². The Kier molecular flexibility index (Phi) is 4.12. The van der Waals surface area contributed by atoms with Crippen LogP contribution in [0.3, 0.4) is 0 Å². The van der Waals surface area contributed by atoms with Gasteiger partial charge in [-0.2, -0.15) is 4.98 Å². The number of carbonyl (C=O) groups is 2. The number of carbonyl (C=O) groups excluding carboxylic acids is 2. The first-order valence-electron chi connectivity index (χ1n) is 8.60. The highest BCUT2D eigenvalue weighted by Gasteiger charge is 2.28. The standard InChI is InChI=1S/C17H20N4O4/c1-9-14(15-10(19-9)4-2-5-11(15)22)16(23)18-8-13-20-17(25-21-13)12-6-3-7-24-12/h12,19H,2-8H2,1H3,(H,18,23)/t12-/m1/s1. The van der Waals surface area contributed by atoms with E-state index in [0.29, 0.717) is 41.6 Å². The van der Waals surface area contributed by atoms with Crippen molar-refractivity contribution >= 4 is 11.7 Å².